The Hall–Kier alpha value is -2.11. The van der Waals surface area contributed by atoms with E-state index in [-0.39, 0.29) is 11.7 Å². The summed E-state index contributed by atoms with van der Waals surface area (Å²) in [6.07, 6.45) is 2.51. The van der Waals surface area contributed by atoms with Crippen molar-refractivity contribution in [1.82, 2.24) is 0 Å². The summed E-state index contributed by atoms with van der Waals surface area (Å²) in [4.78, 5) is 14.9. The molecule has 0 spiro atoms. The third kappa shape index (κ3) is 3.02. The van der Waals surface area contributed by atoms with Gasteiger partial charge >= 0.3 is 0 Å². The van der Waals surface area contributed by atoms with Gasteiger partial charge in [0.25, 0.3) is 5.91 Å². The summed E-state index contributed by atoms with van der Waals surface area (Å²) in [6, 6.07) is 14.7. The first-order valence-electron chi connectivity index (χ1n) is 7.25. The number of amides is 1. The SMILES string of the molecule is CCc1ccccc1N1C(=O)/C(=C/c2ccccc2O)SC1=S. The second-order valence-electron chi connectivity index (χ2n) is 5.06. The molecule has 1 fully saturated rings. The van der Waals surface area contributed by atoms with Crippen molar-refractivity contribution in [3.05, 3.63) is 64.6 Å². The average molecular weight is 341 g/mol. The van der Waals surface area contributed by atoms with E-state index in [4.69, 9.17) is 12.2 Å². The first-order valence-corrected chi connectivity index (χ1v) is 8.48. The smallest absolute Gasteiger partial charge is 0.270 e. The molecule has 0 radical (unpaired) electrons. The average Bonchev–Trinajstić information content (AvgIpc) is 2.83. The number of benzene rings is 2. The maximum absolute atomic E-state index is 12.8. The number of thiocarbonyl (C=S) groups is 1. The van der Waals surface area contributed by atoms with Gasteiger partial charge in [0.05, 0.1) is 10.6 Å². The Morgan fingerprint density at radius 3 is 2.61 bits per heavy atom. The zero-order valence-electron chi connectivity index (χ0n) is 12.5. The van der Waals surface area contributed by atoms with E-state index in [1.165, 1.54) is 11.8 Å². The van der Waals surface area contributed by atoms with Crippen LogP contribution in [0, 0.1) is 0 Å². The van der Waals surface area contributed by atoms with Crippen LogP contribution in [-0.4, -0.2) is 15.3 Å². The van der Waals surface area contributed by atoms with Crippen LogP contribution in [0.25, 0.3) is 6.08 Å². The van der Waals surface area contributed by atoms with E-state index in [0.29, 0.717) is 14.8 Å². The van der Waals surface area contributed by atoms with Gasteiger partial charge in [0.2, 0.25) is 0 Å². The lowest BCUT2D eigenvalue weighted by Crippen LogP contribution is -2.28. The highest BCUT2D eigenvalue weighted by Gasteiger charge is 2.34. The number of nitrogens with zero attached hydrogens (tertiary/aromatic N) is 1. The molecular formula is C18H15NO2S2. The number of carbonyl (C=O) groups excluding carboxylic acids is 1. The quantitative estimate of drug-likeness (QED) is 0.665. The Morgan fingerprint density at radius 1 is 1.17 bits per heavy atom. The number of thioether (sulfide) groups is 1. The number of para-hydroxylation sites is 2. The lowest BCUT2D eigenvalue weighted by Gasteiger charge is -2.18. The molecule has 1 aliphatic heterocycles. The molecule has 3 nitrogen and oxygen atoms in total. The summed E-state index contributed by atoms with van der Waals surface area (Å²) in [7, 11) is 0. The highest BCUT2D eigenvalue weighted by molar-refractivity contribution is 8.27. The third-order valence-electron chi connectivity index (χ3n) is 3.63. The number of anilines is 1. The largest absolute Gasteiger partial charge is 0.507 e. The normalized spacial score (nSPS) is 16.4. The van der Waals surface area contributed by atoms with E-state index >= 15 is 0 Å². The van der Waals surface area contributed by atoms with Gasteiger partial charge in [-0.15, -0.1) is 0 Å². The van der Waals surface area contributed by atoms with Gasteiger partial charge in [0.15, 0.2) is 4.32 Å². The van der Waals surface area contributed by atoms with Crippen LogP contribution in [-0.2, 0) is 11.2 Å². The van der Waals surface area contributed by atoms with E-state index in [1.54, 1.807) is 29.2 Å². The van der Waals surface area contributed by atoms with E-state index < -0.39 is 0 Å². The molecule has 0 aliphatic carbocycles. The molecule has 1 N–H and O–H groups in total. The van der Waals surface area contributed by atoms with E-state index in [2.05, 4.69) is 0 Å². The van der Waals surface area contributed by atoms with Crippen molar-refractivity contribution >= 4 is 46.0 Å². The number of phenolic OH excluding ortho intramolecular Hbond substituents is 1. The molecule has 0 unspecified atom stereocenters. The van der Waals surface area contributed by atoms with Crippen molar-refractivity contribution in [2.45, 2.75) is 13.3 Å². The molecule has 1 amide bonds. The number of hydrogen-bond acceptors (Lipinski definition) is 4. The molecule has 116 valence electrons. The number of aromatic hydroxyl groups is 1. The first kappa shape index (κ1) is 15.8. The molecular weight excluding hydrogens is 326 g/mol. The second kappa shape index (κ2) is 6.56. The molecule has 0 aromatic heterocycles. The van der Waals surface area contributed by atoms with Crippen molar-refractivity contribution in [3.63, 3.8) is 0 Å². The van der Waals surface area contributed by atoms with Gasteiger partial charge in [-0.1, -0.05) is 67.3 Å². The molecule has 3 rings (SSSR count). The Labute approximate surface area is 144 Å². The van der Waals surface area contributed by atoms with Crippen LogP contribution >= 0.6 is 24.0 Å². The molecule has 0 bridgehead atoms. The zero-order valence-corrected chi connectivity index (χ0v) is 14.2. The molecule has 1 heterocycles. The number of rotatable bonds is 3. The van der Waals surface area contributed by atoms with Crippen LogP contribution in [0.5, 0.6) is 5.75 Å². The Bertz CT molecular complexity index is 814. The zero-order chi connectivity index (χ0) is 16.4. The Balaban J connectivity index is 1.99. The molecule has 1 aliphatic rings. The summed E-state index contributed by atoms with van der Waals surface area (Å²) in [5.74, 6) is -0.00382. The highest BCUT2D eigenvalue weighted by Crippen LogP contribution is 2.38. The van der Waals surface area contributed by atoms with Crippen molar-refractivity contribution < 1.29 is 9.90 Å². The van der Waals surface area contributed by atoms with Crippen molar-refractivity contribution in [2.24, 2.45) is 0 Å². The molecule has 2 aromatic carbocycles. The number of phenols is 1. The van der Waals surface area contributed by atoms with Gasteiger partial charge in [-0.3, -0.25) is 9.69 Å². The van der Waals surface area contributed by atoms with Crippen molar-refractivity contribution in [3.8, 4) is 5.75 Å². The minimum Gasteiger partial charge on any atom is -0.507 e. The lowest BCUT2D eigenvalue weighted by molar-refractivity contribution is -0.113. The van der Waals surface area contributed by atoms with Crippen LogP contribution in [0.15, 0.2) is 53.4 Å². The molecule has 23 heavy (non-hydrogen) atoms. The van der Waals surface area contributed by atoms with E-state index in [1.807, 2.05) is 37.3 Å². The third-order valence-corrected chi connectivity index (χ3v) is 4.93. The van der Waals surface area contributed by atoms with Crippen LogP contribution in [0.1, 0.15) is 18.1 Å². The molecule has 2 aromatic rings. The maximum atomic E-state index is 12.8. The fourth-order valence-electron chi connectivity index (χ4n) is 2.45. The minimum absolute atomic E-state index is 0.145. The van der Waals surface area contributed by atoms with E-state index in [9.17, 15) is 9.90 Å². The monoisotopic (exact) mass is 341 g/mol. The number of aryl methyl sites for hydroxylation is 1. The van der Waals surface area contributed by atoms with Crippen molar-refractivity contribution in [1.29, 1.82) is 0 Å². The molecule has 0 atom stereocenters. The van der Waals surface area contributed by atoms with Crippen molar-refractivity contribution in [2.75, 3.05) is 4.90 Å². The first-order chi connectivity index (χ1) is 11.1. The maximum Gasteiger partial charge on any atom is 0.270 e. The van der Waals surface area contributed by atoms with Gasteiger partial charge < -0.3 is 5.11 Å². The fourth-order valence-corrected chi connectivity index (χ4v) is 3.73. The number of hydrogen-bond donors (Lipinski definition) is 1. The van der Waals surface area contributed by atoms with Gasteiger partial charge in [-0.05, 0) is 30.2 Å². The minimum atomic E-state index is -0.149. The van der Waals surface area contributed by atoms with Gasteiger partial charge in [-0.2, -0.15) is 0 Å². The highest BCUT2D eigenvalue weighted by atomic mass is 32.2. The van der Waals surface area contributed by atoms with E-state index in [0.717, 1.165) is 17.7 Å². The van der Waals surface area contributed by atoms with Gasteiger partial charge in [0.1, 0.15) is 5.75 Å². The summed E-state index contributed by atoms with van der Waals surface area (Å²) in [6.45, 7) is 2.05. The summed E-state index contributed by atoms with van der Waals surface area (Å²) >= 11 is 6.66. The topological polar surface area (TPSA) is 40.5 Å². The fraction of sp³-hybridized carbons (Fsp3) is 0.111. The van der Waals surface area contributed by atoms with Gasteiger partial charge in [-0.25, -0.2) is 0 Å². The summed E-state index contributed by atoms with van der Waals surface area (Å²) < 4.78 is 0.512. The Kier molecular flexibility index (Phi) is 4.50. The summed E-state index contributed by atoms with van der Waals surface area (Å²) in [5.41, 5.74) is 2.52. The predicted molar refractivity (Wildman–Crippen MR) is 99.6 cm³/mol. The molecule has 5 heteroatoms. The predicted octanol–water partition coefficient (Wildman–Crippen LogP) is 4.36. The Morgan fingerprint density at radius 2 is 1.87 bits per heavy atom. The standard InChI is InChI=1S/C18H15NO2S2/c1-2-12-7-3-5-9-14(12)19-17(21)16(23-18(19)22)11-13-8-4-6-10-15(13)20/h3-11,20H,2H2,1H3/b16-11-. The van der Waals surface area contributed by atoms with Crippen LogP contribution < -0.4 is 4.90 Å². The van der Waals surface area contributed by atoms with Crippen LogP contribution in [0.3, 0.4) is 0 Å². The molecule has 0 saturated carbocycles. The second-order valence-corrected chi connectivity index (χ2v) is 6.73. The molecule has 1 saturated heterocycles. The van der Waals surface area contributed by atoms with Crippen LogP contribution in [0.2, 0.25) is 0 Å². The summed E-state index contributed by atoms with van der Waals surface area (Å²) in [5, 5.41) is 9.88. The number of carbonyl (C=O) groups is 1. The van der Waals surface area contributed by atoms with Gasteiger partial charge in [0, 0.05) is 5.56 Å². The van der Waals surface area contributed by atoms with Crippen LogP contribution in [0.4, 0.5) is 5.69 Å². The lowest BCUT2D eigenvalue weighted by atomic mass is 10.1.